The Labute approximate surface area is 91.0 Å². The maximum atomic E-state index is 5.58. The summed E-state index contributed by atoms with van der Waals surface area (Å²) >= 11 is 0. The van der Waals surface area contributed by atoms with E-state index in [1.165, 1.54) is 0 Å². The van der Waals surface area contributed by atoms with Gasteiger partial charge in [0.2, 0.25) is 0 Å². The molecule has 1 aromatic carbocycles. The van der Waals surface area contributed by atoms with Crippen LogP contribution in [0.2, 0.25) is 0 Å². The van der Waals surface area contributed by atoms with Gasteiger partial charge in [0.05, 0.1) is 6.61 Å². The van der Waals surface area contributed by atoms with Gasteiger partial charge in [0, 0.05) is 32.4 Å². The Morgan fingerprint density at radius 1 is 1.40 bits per heavy atom. The molecule has 4 heteroatoms. The van der Waals surface area contributed by atoms with Gasteiger partial charge in [0.15, 0.2) is 0 Å². The molecule has 0 amide bonds. The molecule has 0 saturated carbocycles. The Hall–Kier alpha value is -1.26. The minimum atomic E-state index is 0.682. The van der Waals surface area contributed by atoms with Crippen LogP contribution in [-0.4, -0.2) is 27.2 Å². The van der Waals surface area contributed by atoms with Gasteiger partial charge < -0.3 is 9.64 Å². The standard InChI is InChI=1S/C11H19N3O/c1-14(2)10-5-3-6-11(9-10)15-8-4-7-13-12/h3,5-6,9,13H,4,7-8,12H2,1-2H3. The summed E-state index contributed by atoms with van der Waals surface area (Å²) < 4.78 is 5.58. The van der Waals surface area contributed by atoms with E-state index in [1.54, 1.807) is 0 Å². The summed E-state index contributed by atoms with van der Waals surface area (Å²) in [6.07, 6.45) is 0.905. The van der Waals surface area contributed by atoms with Gasteiger partial charge in [-0.15, -0.1) is 0 Å². The van der Waals surface area contributed by atoms with Crippen molar-refractivity contribution in [2.45, 2.75) is 6.42 Å². The highest BCUT2D eigenvalue weighted by atomic mass is 16.5. The summed E-state index contributed by atoms with van der Waals surface area (Å²) in [6.45, 7) is 1.45. The highest BCUT2D eigenvalue weighted by Crippen LogP contribution is 2.19. The van der Waals surface area contributed by atoms with Crippen molar-refractivity contribution in [1.82, 2.24) is 5.43 Å². The normalized spacial score (nSPS) is 10.1. The van der Waals surface area contributed by atoms with Crippen LogP contribution < -0.4 is 20.9 Å². The van der Waals surface area contributed by atoms with Crippen molar-refractivity contribution in [1.29, 1.82) is 0 Å². The summed E-state index contributed by atoms with van der Waals surface area (Å²) in [6, 6.07) is 8.03. The minimum Gasteiger partial charge on any atom is -0.493 e. The number of benzene rings is 1. The molecule has 0 radical (unpaired) electrons. The molecular formula is C11H19N3O. The third kappa shape index (κ3) is 4.18. The molecule has 0 fully saturated rings. The molecule has 0 bridgehead atoms. The van der Waals surface area contributed by atoms with E-state index in [4.69, 9.17) is 10.6 Å². The highest BCUT2D eigenvalue weighted by molar-refractivity contribution is 5.49. The summed E-state index contributed by atoms with van der Waals surface area (Å²) in [5.41, 5.74) is 3.74. The molecule has 1 rings (SSSR count). The van der Waals surface area contributed by atoms with E-state index < -0.39 is 0 Å². The molecule has 0 atom stereocenters. The summed E-state index contributed by atoms with van der Waals surface area (Å²) in [5.74, 6) is 6.06. The Morgan fingerprint density at radius 3 is 2.87 bits per heavy atom. The second kappa shape index (κ2) is 6.27. The number of anilines is 1. The van der Waals surface area contributed by atoms with Crippen LogP contribution in [0.25, 0.3) is 0 Å². The van der Waals surface area contributed by atoms with E-state index in [0.29, 0.717) is 6.61 Å². The third-order valence-electron chi connectivity index (χ3n) is 2.07. The molecule has 0 heterocycles. The number of nitrogens with one attached hydrogen (secondary N) is 1. The predicted molar refractivity (Wildman–Crippen MR) is 63.1 cm³/mol. The van der Waals surface area contributed by atoms with Crippen molar-refractivity contribution in [3.63, 3.8) is 0 Å². The molecule has 3 N–H and O–H groups in total. The van der Waals surface area contributed by atoms with Crippen molar-refractivity contribution in [2.75, 3.05) is 32.1 Å². The van der Waals surface area contributed by atoms with Crippen LogP contribution in [0.5, 0.6) is 5.75 Å². The highest BCUT2D eigenvalue weighted by Gasteiger charge is 1.97. The van der Waals surface area contributed by atoms with Crippen LogP contribution in [0.1, 0.15) is 6.42 Å². The minimum absolute atomic E-state index is 0.682. The molecule has 0 spiro atoms. The van der Waals surface area contributed by atoms with Crippen LogP contribution in [-0.2, 0) is 0 Å². The molecule has 1 aromatic rings. The van der Waals surface area contributed by atoms with E-state index >= 15 is 0 Å². The second-order valence-corrected chi connectivity index (χ2v) is 3.55. The predicted octanol–water partition coefficient (Wildman–Crippen LogP) is 0.985. The number of rotatable bonds is 6. The largest absolute Gasteiger partial charge is 0.493 e. The smallest absolute Gasteiger partial charge is 0.121 e. The lowest BCUT2D eigenvalue weighted by molar-refractivity contribution is 0.308. The molecule has 0 aliphatic heterocycles. The third-order valence-corrected chi connectivity index (χ3v) is 2.07. The van der Waals surface area contributed by atoms with Gasteiger partial charge in [-0.3, -0.25) is 11.3 Å². The van der Waals surface area contributed by atoms with Crippen molar-refractivity contribution < 1.29 is 4.74 Å². The quantitative estimate of drug-likeness (QED) is 0.417. The van der Waals surface area contributed by atoms with E-state index in [-0.39, 0.29) is 0 Å². The first-order chi connectivity index (χ1) is 7.24. The van der Waals surface area contributed by atoms with Gasteiger partial charge in [-0.2, -0.15) is 0 Å². The van der Waals surface area contributed by atoms with Crippen LogP contribution in [0.3, 0.4) is 0 Å². The van der Waals surface area contributed by atoms with Crippen molar-refractivity contribution in [2.24, 2.45) is 5.84 Å². The average Bonchev–Trinajstić information content (AvgIpc) is 2.25. The van der Waals surface area contributed by atoms with Gasteiger partial charge in [-0.05, 0) is 18.6 Å². The molecule has 0 aliphatic rings. The van der Waals surface area contributed by atoms with Crippen molar-refractivity contribution in [3.05, 3.63) is 24.3 Å². The summed E-state index contributed by atoms with van der Waals surface area (Å²) in [7, 11) is 4.02. The lowest BCUT2D eigenvalue weighted by Crippen LogP contribution is -2.24. The zero-order valence-corrected chi connectivity index (χ0v) is 9.36. The molecule has 15 heavy (non-hydrogen) atoms. The van der Waals surface area contributed by atoms with Gasteiger partial charge in [-0.1, -0.05) is 6.07 Å². The van der Waals surface area contributed by atoms with Crippen LogP contribution in [0, 0.1) is 0 Å². The maximum Gasteiger partial charge on any atom is 0.121 e. The Morgan fingerprint density at radius 2 is 2.20 bits per heavy atom. The average molecular weight is 209 g/mol. The number of nitrogens with two attached hydrogens (primary N) is 1. The molecule has 0 aliphatic carbocycles. The first-order valence-corrected chi connectivity index (χ1v) is 5.07. The molecule has 84 valence electrons. The van der Waals surface area contributed by atoms with Gasteiger partial charge in [-0.25, -0.2) is 0 Å². The molecule has 0 saturated heterocycles. The zero-order chi connectivity index (χ0) is 11.1. The summed E-state index contributed by atoms with van der Waals surface area (Å²) in [4.78, 5) is 2.05. The fraction of sp³-hybridized carbons (Fsp3) is 0.455. The Balaban J connectivity index is 2.43. The van der Waals surface area contributed by atoms with E-state index in [2.05, 4.69) is 5.43 Å². The SMILES string of the molecule is CN(C)c1cccc(OCCCNN)c1. The second-order valence-electron chi connectivity index (χ2n) is 3.55. The van der Waals surface area contributed by atoms with E-state index in [1.807, 2.05) is 43.3 Å². The van der Waals surface area contributed by atoms with Gasteiger partial charge in [0.1, 0.15) is 5.75 Å². The first-order valence-electron chi connectivity index (χ1n) is 5.07. The molecule has 0 aromatic heterocycles. The molecule has 0 unspecified atom stereocenters. The fourth-order valence-corrected chi connectivity index (χ4v) is 1.22. The number of hydrogen-bond acceptors (Lipinski definition) is 4. The fourth-order valence-electron chi connectivity index (χ4n) is 1.22. The van der Waals surface area contributed by atoms with E-state index in [9.17, 15) is 0 Å². The number of hydrazine groups is 1. The monoisotopic (exact) mass is 209 g/mol. The first kappa shape index (κ1) is 11.8. The topological polar surface area (TPSA) is 50.5 Å². The maximum absolute atomic E-state index is 5.58. The Bertz CT molecular complexity index is 289. The van der Waals surface area contributed by atoms with Crippen LogP contribution >= 0.6 is 0 Å². The summed E-state index contributed by atoms with van der Waals surface area (Å²) in [5, 5.41) is 0. The van der Waals surface area contributed by atoms with Crippen molar-refractivity contribution in [3.8, 4) is 5.75 Å². The van der Waals surface area contributed by atoms with E-state index in [0.717, 1.165) is 24.4 Å². The lowest BCUT2D eigenvalue weighted by atomic mass is 10.3. The lowest BCUT2D eigenvalue weighted by Gasteiger charge is -2.14. The zero-order valence-electron chi connectivity index (χ0n) is 9.36. The van der Waals surface area contributed by atoms with Crippen molar-refractivity contribution >= 4 is 5.69 Å². The Kier molecular flexibility index (Phi) is 4.93. The number of nitrogens with zero attached hydrogens (tertiary/aromatic N) is 1. The molecule has 4 nitrogen and oxygen atoms in total. The van der Waals surface area contributed by atoms with Crippen LogP contribution in [0.15, 0.2) is 24.3 Å². The van der Waals surface area contributed by atoms with Gasteiger partial charge in [0.25, 0.3) is 0 Å². The molecular weight excluding hydrogens is 190 g/mol. The number of ether oxygens (including phenoxy) is 1. The number of hydrogen-bond donors (Lipinski definition) is 2. The van der Waals surface area contributed by atoms with Gasteiger partial charge >= 0.3 is 0 Å². The van der Waals surface area contributed by atoms with Crippen LogP contribution in [0.4, 0.5) is 5.69 Å².